The quantitative estimate of drug-likeness (QED) is 0.482. The van der Waals surface area contributed by atoms with Crippen LogP contribution in [0.15, 0.2) is 6.07 Å². The summed E-state index contributed by atoms with van der Waals surface area (Å²) in [4.78, 5) is 13.1. The zero-order valence-corrected chi connectivity index (χ0v) is 9.81. The molecule has 0 amide bonds. The first kappa shape index (κ1) is 12.7. The Morgan fingerprint density at radius 2 is 2.31 bits per heavy atom. The molecule has 8 heteroatoms. The van der Waals surface area contributed by atoms with Crippen molar-refractivity contribution < 1.29 is 13.7 Å². The summed E-state index contributed by atoms with van der Waals surface area (Å²) in [5.41, 5.74) is -0.458. The smallest absolute Gasteiger partial charge is 0.358 e. The van der Waals surface area contributed by atoms with E-state index in [1.165, 1.54) is 0 Å². The van der Waals surface area contributed by atoms with Crippen molar-refractivity contribution >= 4 is 28.4 Å². The number of nitrogens with zero attached hydrogens (tertiary/aromatic N) is 3. The number of aromatic nitrogens is 1. The Balaban J connectivity index is 3.40. The number of halogens is 3. The van der Waals surface area contributed by atoms with E-state index in [0.29, 0.717) is 0 Å². The van der Waals surface area contributed by atoms with E-state index in [1.54, 1.807) is 28.7 Å². The predicted molar refractivity (Wildman–Crippen MR) is 57.9 cm³/mol. The second-order valence-corrected chi connectivity index (χ2v) is 3.80. The molecule has 1 aromatic heterocycles. The molecule has 0 fully saturated rings. The number of hydrogen-bond donors (Lipinski definition) is 0. The van der Waals surface area contributed by atoms with Crippen LogP contribution in [0.2, 0.25) is 0 Å². The first-order chi connectivity index (χ1) is 7.47. The molecular weight excluding hydrogens is 335 g/mol. The lowest BCUT2D eigenvalue weighted by Gasteiger charge is -2.04. The van der Waals surface area contributed by atoms with Crippen LogP contribution >= 0.6 is 22.6 Å². The Labute approximate surface area is 102 Å². The summed E-state index contributed by atoms with van der Waals surface area (Å²) in [7, 11) is 0. The molecule has 1 rings (SSSR count). The highest BCUT2D eigenvalue weighted by Crippen LogP contribution is 2.29. The molecule has 16 heavy (non-hydrogen) atoms. The molecule has 0 aliphatic carbocycles. The number of hydrogen-bond acceptors (Lipinski definition) is 4. The Kier molecular flexibility index (Phi) is 4.05. The Morgan fingerprint density at radius 3 is 2.75 bits per heavy atom. The van der Waals surface area contributed by atoms with Gasteiger partial charge in [0, 0.05) is 11.6 Å². The van der Waals surface area contributed by atoms with Gasteiger partial charge >= 0.3 is 5.82 Å². The van der Waals surface area contributed by atoms with E-state index >= 15 is 0 Å². The van der Waals surface area contributed by atoms with Gasteiger partial charge in [-0.15, -0.1) is 0 Å². The van der Waals surface area contributed by atoms with Gasteiger partial charge in [0.2, 0.25) is 0 Å². The zero-order valence-electron chi connectivity index (χ0n) is 7.65. The van der Waals surface area contributed by atoms with Gasteiger partial charge in [-0.3, -0.25) is 0 Å². The first-order valence-corrected chi connectivity index (χ1v) is 5.04. The molecule has 0 spiro atoms. The van der Waals surface area contributed by atoms with Crippen molar-refractivity contribution in [2.75, 3.05) is 0 Å². The summed E-state index contributed by atoms with van der Waals surface area (Å²) >= 11 is 1.60. The Morgan fingerprint density at radius 1 is 1.69 bits per heavy atom. The van der Waals surface area contributed by atoms with E-state index in [1.807, 2.05) is 0 Å². The highest BCUT2D eigenvalue weighted by molar-refractivity contribution is 14.1. The third-order valence-corrected chi connectivity index (χ3v) is 2.96. The van der Waals surface area contributed by atoms with Crippen LogP contribution in [0.5, 0.6) is 0 Å². The summed E-state index contributed by atoms with van der Waals surface area (Å²) in [5, 5.41) is 18.9. The van der Waals surface area contributed by atoms with Crippen molar-refractivity contribution in [2.24, 2.45) is 0 Å². The van der Waals surface area contributed by atoms with E-state index in [2.05, 4.69) is 4.98 Å². The zero-order chi connectivity index (χ0) is 12.3. The molecule has 0 saturated heterocycles. The molecule has 0 aliphatic rings. The van der Waals surface area contributed by atoms with Crippen molar-refractivity contribution in [2.45, 2.75) is 12.8 Å². The standard InChI is InChI=1S/C8H4F2IN3O2/c9-8(10)4-3-6(14(15)16)13-5(1-2-12)7(4)11/h3,8H,1H2. The molecule has 0 saturated carbocycles. The summed E-state index contributed by atoms with van der Waals surface area (Å²) in [6, 6.07) is 2.45. The molecule has 5 nitrogen and oxygen atoms in total. The van der Waals surface area contributed by atoms with Crippen LogP contribution in [0, 0.1) is 25.0 Å². The van der Waals surface area contributed by atoms with Crippen molar-refractivity contribution in [1.82, 2.24) is 4.98 Å². The lowest BCUT2D eigenvalue weighted by atomic mass is 10.2. The largest absolute Gasteiger partial charge is 0.364 e. The van der Waals surface area contributed by atoms with E-state index < -0.39 is 22.7 Å². The molecule has 1 heterocycles. The average Bonchev–Trinajstić information content (AvgIpc) is 2.20. The molecular formula is C8H4F2IN3O2. The third kappa shape index (κ3) is 2.60. The SMILES string of the molecule is N#CCc1nc([N+](=O)[O-])cc(C(F)F)c1I. The Bertz CT molecular complexity index is 473. The summed E-state index contributed by atoms with van der Waals surface area (Å²) in [6.45, 7) is 0. The number of pyridine rings is 1. The van der Waals surface area contributed by atoms with Gasteiger partial charge in [-0.2, -0.15) is 5.26 Å². The predicted octanol–water partition coefficient (Wildman–Crippen LogP) is 2.60. The minimum absolute atomic E-state index is 0.00704. The van der Waals surface area contributed by atoms with Crippen LogP contribution in [0.4, 0.5) is 14.6 Å². The van der Waals surface area contributed by atoms with Gasteiger partial charge < -0.3 is 10.1 Å². The van der Waals surface area contributed by atoms with Gasteiger partial charge in [-0.05, 0) is 32.5 Å². The van der Waals surface area contributed by atoms with Crippen LogP contribution in [0.25, 0.3) is 0 Å². The summed E-state index contributed by atoms with van der Waals surface area (Å²) < 4.78 is 25.2. The van der Waals surface area contributed by atoms with Gasteiger partial charge in [-0.25, -0.2) is 8.78 Å². The fraction of sp³-hybridized carbons (Fsp3) is 0.250. The molecule has 0 aliphatic heterocycles. The van der Waals surface area contributed by atoms with E-state index in [0.717, 1.165) is 6.07 Å². The second kappa shape index (κ2) is 5.11. The van der Waals surface area contributed by atoms with Crippen molar-refractivity contribution in [3.05, 3.63) is 31.0 Å². The van der Waals surface area contributed by atoms with Crippen LogP contribution < -0.4 is 0 Å². The van der Waals surface area contributed by atoms with Gasteiger partial charge in [-0.1, -0.05) is 0 Å². The van der Waals surface area contributed by atoms with Gasteiger partial charge in [0.25, 0.3) is 6.43 Å². The highest BCUT2D eigenvalue weighted by atomic mass is 127. The summed E-state index contributed by atoms with van der Waals surface area (Å²) in [5.74, 6) is -0.666. The number of rotatable bonds is 3. The Hall–Kier alpha value is -1.37. The molecule has 0 N–H and O–H groups in total. The molecule has 84 valence electrons. The number of nitro groups is 1. The van der Waals surface area contributed by atoms with Crippen molar-refractivity contribution in [3.8, 4) is 6.07 Å². The van der Waals surface area contributed by atoms with Crippen LogP contribution in [-0.2, 0) is 6.42 Å². The molecule has 0 atom stereocenters. The van der Waals surface area contributed by atoms with Crippen LogP contribution in [0.3, 0.4) is 0 Å². The van der Waals surface area contributed by atoms with E-state index in [4.69, 9.17) is 5.26 Å². The first-order valence-electron chi connectivity index (χ1n) is 3.96. The minimum Gasteiger partial charge on any atom is -0.358 e. The molecule has 0 radical (unpaired) electrons. The number of nitriles is 1. The summed E-state index contributed by atoms with van der Waals surface area (Å²) in [6.07, 6.45) is -3.06. The number of alkyl halides is 2. The van der Waals surface area contributed by atoms with Gasteiger partial charge in [0.1, 0.15) is 6.42 Å². The molecule has 1 aromatic rings. The monoisotopic (exact) mass is 339 g/mol. The van der Waals surface area contributed by atoms with Crippen molar-refractivity contribution in [1.29, 1.82) is 5.26 Å². The fourth-order valence-corrected chi connectivity index (χ4v) is 1.74. The van der Waals surface area contributed by atoms with Crippen LogP contribution in [-0.4, -0.2) is 9.91 Å². The second-order valence-electron chi connectivity index (χ2n) is 2.72. The van der Waals surface area contributed by atoms with E-state index in [9.17, 15) is 18.9 Å². The van der Waals surface area contributed by atoms with E-state index in [-0.39, 0.29) is 15.7 Å². The lowest BCUT2D eigenvalue weighted by molar-refractivity contribution is -0.389. The maximum absolute atomic E-state index is 12.6. The van der Waals surface area contributed by atoms with Gasteiger partial charge in [0.05, 0.1) is 9.64 Å². The molecule has 0 bridgehead atoms. The third-order valence-electron chi connectivity index (χ3n) is 1.71. The normalized spacial score (nSPS) is 10.2. The maximum atomic E-state index is 12.6. The average molecular weight is 339 g/mol. The fourth-order valence-electron chi connectivity index (χ4n) is 1.03. The minimum atomic E-state index is -2.83. The topological polar surface area (TPSA) is 79.8 Å². The maximum Gasteiger partial charge on any atom is 0.364 e. The van der Waals surface area contributed by atoms with Crippen LogP contribution in [0.1, 0.15) is 17.7 Å². The van der Waals surface area contributed by atoms with Crippen molar-refractivity contribution in [3.63, 3.8) is 0 Å². The molecule has 0 aromatic carbocycles. The lowest BCUT2D eigenvalue weighted by Crippen LogP contribution is -2.03. The molecule has 0 unspecified atom stereocenters. The highest BCUT2D eigenvalue weighted by Gasteiger charge is 2.23. The van der Waals surface area contributed by atoms with Gasteiger partial charge in [0.15, 0.2) is 5.69 Å².